The topological polar surface area (TPSA) is 58.2 Å². The SMILES string of the molecule is CCC(=O)Nc1cccc(NC(=O)CCCCCl)c1. The standard InChI is InChI=1S/C14H19ClN2O2/c1-2-13(18)16-11-6-5-7-12(10-11)17-14(19)8-3-4-9-15/h5-7,10H,2-4,8-9H2,1H3,(H,16,18)(H,17,19). The highest BCUT2D eigenvalue weighted by atomic mass is 35.5. The van der Waals surface area contributed by atoms with Crippen molar-refractivity contribution >= 4 is 34.8 Å². The lowest BCUT2D eigenvalue weighted by atomic mass is 10.2. The smallest absolute Gasteiger partial charge is 0.224 e. The van der Waals surface area contributed by atoms with Crippen LogP contribution in [0.25, 0.3) is 0 Å². The van der Waals surface area contributed by atoms with Gasteiger partial charge in [-0.1, -0.05) is 13.0 Å². The summed E-state index contributed by atoms with van der Waals surface area (Å²) in [5, 5.41) is 5.55. The van der Waals surface area contributed by atoms with E-state index < -0.39 is 0 Å². The molecule has 0 radical (unpaired) electrons. The molecule has 0 unspecified atom stereocenters. The summed E-state index contributed by atoms with van der Waals surface area (Å²) in [7, 11) is 0. The maximum atomic E-state index is 11.6. The zero-order valence-corrected chi connectivity index (χ0v) is 11.8. The Labute approximate surface area is 118 Å². The van der Waals surface area contributed by atoms with Gasteiger partial charge in [0, 0.05) is 30.1 Å². The number of carbonyl (C=O) groups is 2. The molecule has 0 aliphatic rings. The first-order valence-corrected chi connectivity index (χ1v) is 6.95. The number of carbonyl (C=O) groups excluding carboxylic acids is 2. The molecule has 0 spiro atoms. The highest BCUT2D eigenvalue weighted by molar-refractivity contribution is 6.17. The molecule has 0 saturated carbocycles. The third-order valence-corrected chi connectivity index (χ3v) is 2.81. The summed E-state index contributed by atoms with van der Waals surface area (Å²) in [5.41, 5.74) is 1.37. The van der Waals surface area contributed by atoms with Crippen molar-refractivity contribution in [2.24, 2.45) is 0 Å². The number of halogens is 1. The summed E-state index contributed by atoms with van der Waals surface area (Å²) >= 11 is 5.56. The van der Waals surface area contributed by atoms with E-state index in [1.807, 2.05) is 0 Å². The molecule has 1 rings (SSSR count). The van der Waals surface area contributed by atoms with Gasteiger partial charge in [0.05, 0.1) is 0 Å². The second-order valence-corrected chi connectivity index (χ2v) is 4.55. The fourth-order valence-corrected chi connectivity index (χ4v) is 1.72. The lowest BCUT2D eigenvalue weighted by molar-refractivity contribution is -0.116. The minimum Gasteiger partial charge on any atom is -0.326 e. The van der Waals surface area contributed by atoms with Gasteiger partial charge in [-0.05, 0) is 31.0 Å². The normalized spacial score (nSPS) is 10.0. The van der Waals surface area contributed by atoms with E-state index in [9.17, 15) is 9.59 Å². The van der Waals surface area contributed by atoms with E-state index >= 15 is 0 Å². The fourth-order valence-electron chi connectivity index (χ4n) is 1.53. The third-order valence-electron chi connectivity index (χ3n) is 2.54. The Bertz CT molecular complexity index is 435. The average Bonchev–Trinajstić information content (AvgIpc) is 2.39. The van der Waals surface area contributed by atoms with Crippen molar-refractivity contribution in [1.82, 2.24) is 0 Å². The summed E-state index contributed by atoms with van der Waals surface area (Å²) in [6.45, 7) is 1.79. The summed E-state index contributed by atoms with van der Waals surface area (Å²) in [6.07, 6.45) is 2.50. The molecule has 0 fully saturated rings. The predicted octanol–water partition coefficient (Wildman–Crippen LogP) is 3.38. The van der Waals surface area contributed by atoms with Crippen molar-refractivity contribution in [3.63, 3.8) is 0 Å². The number of hydrogen-bond acceptors (Lipinski definition) is 2. The number of amides is 2. The van der Waals surface area contributed by atoms with Crippen LogP contribution in [0.2, 0.25) is 0 Å². The number of anilines is 2. The highest BCUT2D eigenvalue weighted by Gasteiger charge is 2.04. The molecule has 0 aliphatic heterocycles. The Morgan fingerprint density at radius 3 is 2.32 bits per heavy atom. The Hall–Kier alpha value is -1.55. The predicted molar refractivity (Wildman–Crippen MR) is 78.6 cm³/mol. The Morgan fingerprint density at radius 1 is 1.11 bits per heavy atom. The van der Waals surface area contributed by atoms with E-state index in [-0.39, 0.29) is 11.8 Å². The van der Waals surface area contributed by atoms with Crippen LogP contribution in [0.15, 0.2) is 24.3 Å². The molecule has 0 saturated heterocycles. The van der Waals surface area contributed by atoms with Gasteiger partial charge in [-0.15, -0.1) is 11.6 Å². The second kappa shape index (κ2) is 8.53. The molecule has 1 aromatic rings. The lowest BCUT2D eigenvalue weighted by Gasteiger charge is -2.08. The monoisotopic (exact) mass is 282 g/mol. The van der Waals surface area contributed by atoms with Crippen LogP contribution in [-0.2, 0) is 9.59 Å². The van der Waals surface area contributed by atoms with E-state index in [0.29, 0.717) is 30.1 Å². The van der Waals surface area contributed by atoms with Gasteiger partial charge in [-0.3, -0.25) is 9.59 Å². The van der Waals surface area contributed by atoms with Gasteiger partial charge in [0.2, 0.25) is 11.8 Å². The maximum absolute atomic E-state index is 11.6. The van der Waals surface area contributed by atoms with Crippen molar-refractivity contribution in [3.8, 4) is 0 Å². The summed E-state index contributed by atoms with van der Waals surface area (Å²) in [5.74, 6) is 0.487. The minimum atomic E-state index is -0.0504. The fraction of sp³-hybridized carbons (Fsp3) is 0.429. The summed E-state index contributed by atoms with van der Waals surface area (Å²) in [4.78, 5) is 22.9. The summed E-state index contributed by atoms with van der Waals surface area (Å²) < 4.78 is 0. The molecule has 2 amide bonds. The van der Waals surface area contributed by atoms with Gasteiger partial charge < -0.3 is 10.6 Å². The Kier molecular flexibility index (Phi) is 6.97. The molecule has 4 nitrogen and oxygen atoms in total. The van der Waals surface area contributed by atoms with Crippen LogP contribution < -0.4 is 10.6 Å². The van der Waals surface area contributed by atoms with Crippen LogP contribution in [0.3, 0.4) is 0 Å². The van der Waals surface area contributed by atoms with Crippen LogP contribution >= 0.6 is 11.6 Å². The van der Waals surface area contributed by atoms with Gasteiger partial charge in [0.15, 0.2) is 0 Å². The Morgan fingerprint density at radius 2 is 1.74 bits per heavy atom. The number of rotatable bonds is 7. The molecule has 0 atom stereocenters. The van der Waals surface area contributed by atoms with Crippen molar-refractivity contribution in [2.45, 2.75) is 32.6 Å². The molecular formula is C14H19ClN2O2. The maximum Gasteiger partial charge on any atom is 0.224 e. The van der Waals surface area contributed by atoms with E-state index in [1.54, 1.807) is 31.2 Å². The molecule has 0 bridgehead atoms. The minimum absolute atomic E-state index is 0.0379. The number of benzene rings is 1. The number of alkyl halides is 1. The first kappa shape index (κ1) is 15.5. The van der Waals surface area contributed by atoms with Crippen LogP contribution in [0.4, 0.5) is 11.4 Å². The third kappa shape index (κ3) is 6.25. The van der Waals surface area contributed by atoms with E-state index in [4.69, 9.17) is 11.6 Å². The molecule has 0 aromatic heterocycles. The Balaban J connectivity index is 2.52. The summed E-state index contributed by atoms with van der Waals surface area (Å²) in [6, 6.07) is 7.12. The number of unbranched alkanes of at least 4 members (excludes halogenated alkanes) is 1. The molecule has 19 heavy (non-hydrogen) atoms. The van der Waals surface area contributed by atoms with Crippen molar-refractivity contribution in [3.05, 3.63) is 24.3 Å². The molecule has 5 heteroatoms. The molecular weight excluding hydrogens is 264 g/mol. The van der Waals surface area contributed by atoms with Crippen LogP contribution in [-0.4, -0.2) is 17.7 Å². The van der Waals surface area contributed by atoms with Crippen molar-refractivity contribution < 1.29 is 9.59 Å². The van der Waals surface area contributed by atoms with Crippen molar-refractivity contribution in [1.29, 1.82) is 0 Å². The first-order valence-electron chi connectivity index (χ1n) is 6.41. The molecule has 104 valence electrons. The molecule has 1 aromatic carbocycles. The second-order valence-electron chi connectivity index (χ2n) is 4.18. The van der Waals surface area contributed by atoms with Crippen molar-refractivity contribution in [2.75, 3.05) is 16.5 Å². The van der Waals surface area contributed by atoms with E-state index in [1.165, 1.54) is 0 Å². The first-order chi connectivity index (χ1) is 9.15. The van der Waals surface area contributed by atoms with Crippen LogP contribution in [0, 0.1) is 0 Å². The molecule has 2 N–H and O–H groups in total. The van der Waals surface area contributed by atoms with Crippen LogP contribution in [0.5, 0.6) is 0 Å². The zero-order chi connectivity index (χ0) is 14.1. The quantitative estimate of drug-likeness (QED) is 0.595. The van der Waals surface area contributed by atoms with Gasteiger partial charge in [-0.25, -0.2) is 0 Å². The largest absolute Gasteiger partial charge is 0.326 e. The highest BCUT2D eigenvalue weighted by Crippen LogP contribution is 2.15. The van der Waals surface area contributed by atoms with Gasteiger partial charge in [0.1, 0.15) is 0 Å². The lowest BCUT2D eigenvalue weighted by Crippen LogP contribution is -2.12. The van der Waals surface area contributed by atoms with E-state index in [0.717, 1.165) is 12.8 Å². The van der Waals surface area contributed by atoms with Gasteiger partial charge >= 0.3 is 0 Å². The molecule has 0 heterocycles. The molecule has 0 aliphatic carbocycles. The van der Waals surface area contributed by atoms with Gasteiger partial charge in [-0.2, -0.15) is 0 Å². The average molecular weight is 283 g/mol. The van der Waals surface area contributed by atoms with Crippen LogP contribution in [0.1, 0.15) is 32.6 Å². The van der Waals surface area contributed by atoms with E-state index in [2.05, 4.69) is 10.6 Å². The number of hydrogen-bond donors (Lipinski definition) is 2. The number of nitrogens with one attached hydrogen (secondary N) is 2. The van der Waals surface area contributed by atoms with Gasteiger partial charge in [0.25, 0.3) is 0 Å². The zero-order valence-electron chi connectivity index (χ0n) is 11.0.